The lowest BCUT2D eigenvalue weighted by atomic mass is 9.87. The fraction of sp³-hybridized carbons (Fsp3) is 0.514. The largest absolute Gasteiger partial charge is 0.481 e. The summed E-state index contributed by atoms with van der Waals surface area (Å²) in [5.74, 6) is -2.92. The molecule has 3 atom stereocenters. The van der Waals surface area contributed by atoms with Crippen LogP contribution in [0.2, 0.25) is 10.0 Å². The van der Waals surface area contributed by atoms with Gasteiger partial charge < -0.3 is 24.5 Å². The minimum Gasteiger partial charge on any atom is -0.481 e. The number of nitrogens with zero attached hydrogens (tertiary/aromatic N) is 3. The van der Waals surface area contributed by atoms with Crippen LogP contribution in [0.1, 0.15) is 60.9 Å². The first-order valence-corrected chi connectivity index (χ1v) is 17.3. The number of aliphatic carboxylic acids is 1. The van der Waals surface area contributed by atoms with Gasteiger partial charge in [-0.25, -0.2) is 4.90 Å². The first-order valence-electron chi connectivity index (χ1n) is 16.5. The molecule has 2 aromatic carbocycles. The van der Waals surface area contributed by atoms with Crippen molar-refractivity contribution >= 4 is 57.5 Å². The van der Waals surface area contributed by atoms with Gasteiger partial charge in [-0.15, -0.1) is 0 Å². The zero-order valence-corrected chi connectivity index (χ0v) is 27.9. The van der Waals surface area contributed by atoms with Gasteiger partial charge in [-0.2, -0.15) is 0 Å². The van der Waals surface area contributed by atoms with Crippen LogP contribution < -0.4 is 5.32 Å². The molecule has 1 unspecified atom stereocenters. The third kappa shape index (κ3) is 6.09. The van der Waals surface area contributed by atoms with Gasteiger partial charge in [0.15, 0.2) is 5.78 Å². The summed E-state index contributed by atoms with van der Waals surface area (Å²) >= 11 is 13.6. The normalized spacial score (nSPS) is 26.1. The molecule has 0 spiro atoms. The lowest BCUT2D eigenvalue weighted by molar-refractivity contribution is -0.267. The number of likely N-dealkylation sites (tertiary alicyclic amines) is 2. The number of carboxylic acids is 1. The monoisotopic (exact) mass is 682 g/mol. The molecule has 1 aromatic heterocycles. The quantitative estimate of drug-likeness (QED) is 0.279. The SMILES string of the molecule is Cn1cc(C(=O)Nc2cc(Cl)c(CC(=O)C(OC3CCC(C(=O)O)CC3)(N3CCCC3)N3C[C@H]4C[C@H]3CO4)cc2Cl)c2ccccc21. The highest BCUT2D eigenvalue weighted by molar-refractivity contribution is 6.36. The number of aryl methyl sites for hydroxylation is 1. The van der Waals surface area contributed by atoms with Crippen LogP contribution >= 0.6 is 23.2 Å². The molecule has 4 fully saturated rings. The van der Waals surface area contributed by atoms with Gasteiger partial charge in [-0.05, 0) is 68.7 Å². The maximum Gasteiger partial charge on any atom is 0.306 e. The van der Waals surface area contributed by atoms with Crippen molar-refractivity contribution in [2.45, 2.75) is 75.5 Å². The number of carbonyl (C=O) groups excluding carboxylic acids is 2. The molecule has 0 radical (unpaired) electrons. The van der Waals surface area contributed by atoms with Crippen LogP contribution in [0.15, 0.2) is 42.6 Å². The van der Waals surface area contributed by atoms with Gasteiger partial charge in [0.2, 0.25) is 5.85 Å². The number of morpholine rings is 1. The number of anilines is 1. The van der Waals surface area contributed by atoms with Crippen molar-refractivity contribution in [3.05, 3.63) is 63.8 Å². The van der Waals surface area contributed by atoms with E-state index in [9.17, 15) is 19.5 Å². The van der Waals surface area contributed by atoms with E-state index in [0.29, 0.717) is 60.7 Å². The fourth-order valence-corrected chi connectivity index (χ4v) is 8.46. The summed E-state index contributed by atoms with van der Waals surface area (Å²) in [4.78, 5) is 44.2. The second-order valence-electron chi connectivity index (χ2n) is 13.4. The third-order valence-electron chi connectivity index (χ3n) is 10.4. The molecule has 1 aliphatic carbocycles. The third-order valence-corrected chi connectivity index (χ3v) is 11.1. The van der Waals surface area contributed by atoms with E-state index in [2.05, 4.69) is 15.1 Å². The van der Waals surface area contributed by atoms with Crippen LogP contribution in [0.5, 0.6) is 0 Å². The molecule has 1 amide bonds. The predicted octanol–water partition coefficient (Wildman–Crippen LogP) is 5.73. The van der Waals surface area contributed by atoms with Crippen LogP contribution in [-0.2, 0) is 32.5 Å². The van der Waals surface area contributed by atoms with Crippen LogP contribution in [0.25, 0.3) is 10.9 Å². The van der Waals surface area contributed by atoms with Crippen molar-refractivity contribution in [1.29, 1.82) is 0 Å². The fourth-order valence-electron chi connectivity index (χ4n) is 8.00. The van der Waals surface area contributed by atoms with Gasteiger partial charge in [0.25, 0.3) is 5.91 Å². The zero-order valence-electron chi connectivity index (χ0n) is 26.4. The highest BCUT2D eigenvalue weighted by Gasteiger charge is 2.58. The van der Waals surface area contributed by atoms with Gasteiger partial charge in [-0.3, -0.25) is 19.3 Å². The van der Waals surface area contributed by atoms with E-state index in [4.69, 9.17) is 32.7 Å². The Kier molecular flexibility index (Phi) is 9.10. The molecular weight excluding hydrogens is 643 g/mol. The van der Waals surface area contributed by atoms with E-state index < -0.39 is 11.8 Å². The minimum absolute atomic E-state index is 0.0220. The Morgan fingerprint density at radius 2 is 1.81 bits per heavy atom. The average molecular weight is 684 g/mol. The van der Waals surface area contributed by atoms with Crippen LogP contribution in [0.4, 0.5) is 5.69 Å². The van der Waals surface area contributed by atoms with Crippen molar-refractivity contribution in [1.82, 2.24) is 14.4 Å². The summed E-state index contributed by atoms with van der Waals surface area (Å²) < 4.78 is 14.9. The van der Waals surface area contributed by atoms with Gasteiger partial charge in [0, 0.05) is 61.3 Å². The standard InChI is InChI=1S/C35H40Cl2N4O6/c1-39-19-27(26-6-2-3-7-31(26)39)33(43)38-30-17-28(36)22(14-29(30)37)15-32(42)35(40-12-4-5-13-40,41-18-25-16-23(41)20-46-25)47-24-10-8-21(9-11-24)34(44)45/h2-3,6-7,14,17,19,21,23-25H,4-5,8-13,15-16,18,20H2,1H3,(H,38,43)(H,44,45)/t21?,23-,24?,25+,35?/m0/s1. The highest BCUT2D eigenvalue weighted by atomic mass is 35.5. The van der Waals surface area contributed by atoms with E-state index in [-0.39, 0.29) is 47.3 Å². The molecule has 10 nitrogen and oxygen atoms in total. The summed E-state index contributed by atoms with van der Waals surface area (Å²) in [6.45, 7) is 2.57. The highest BCUT2D eigenvalue weighted by Crippen LogP contribution is 2.42. The maximum absolute atomic E-state index is 14.9. The van der Waals surface area contributed by atoms with Crippen molar-refractivity contribution in [2.24, 2.45) is 13.0 Å². The summed E-state index contributed by atoms with van der Waals surface area (Å²) in [6, 6.07) is 11.0. The second kappa shape index (κ2) is 13.1. The summed E-state index contributed by atoms with van der Waals surface area (Å²) in [5.41, 5.74) is 2.36. The average Bonchev–Trinajstić information content (AvgIpc) is 3.89. The predicted molar refractivity (Wildman–Crippen MR) is 179 cm³/mol. The second-order valence-corrected chi connectivity index (χ2v) is 14.2. The molecule has 12 heteroatoms. The van der Waals surface area contributed by atoms with Gasteiger partial charge in [0.05, 0.1) is 41.0 Å². The van der Waals surface area contributed by atoms with Crippen LogP contribution in [0.3, 0.4) is 0 Å². The molecule has 2 N–H and O–H groups in total. The number of fused-ring (bicyclic) bond motifs is 3. The number of ether oxygens (including phenoxy) is 2. The Labute approximate surface area is 283 Å². The number of Topliss-reactive ketones (excluding diaryl/α,β-unsaturated/α-hetero) is 1. The van der Waals surface area contributed by atoms with Crippen LogP contribution in [-0.4, -0.2) is 87.5 Å². The smallest absolute Gasteiger partial charge is 0.306 e. The van der Waals surface area contributed by atoms with Crippen molar-refractivity contribution in [3.8, 4) is 0 Å². The number of halogens is 2. The Morgan fingerprint density at radius 3 is 2.49 bits per heavy atom. The first-order chi connectivity index (χ1) is 22.6. The van der Waals surface area contributed by atoms with Gasteiger partial charge >= 0.3 is 5.97 Å². The maximum atomic E-state index is 14.9. The lowest BCUT2D eigenvalue weighted by Gasteiger charge is -2.51. The van der Waals surface area contributed by atoms with E-state index in [1.54, 1.807) is 18.3 Å². The molecule has 2 bridgehead atoms. The Bertz CT molecular complexity index is 1700. The minimum atomic E-state index is -1.32. The van der Waals surface area contributed by atoms with Gasteiger partial charge in [-0.1, -0.05) is 41.4 Å². The Hall–Kier alpha value is -2.99. The van der Waals surface area contributed by atoms with Crippen molar-refractivity contribution in [2.75, 3.05) is 31.6 Å². The molecule has 3 saturated heterocycles. The van der Waals surface area contributed by atoms with Gasteiger partial charge in [0.1, 0.15) is 0 Å². The molecule has 47 heavy (non-hydrogen) atoms. The molecule has 4 aliphatic rings. The molecular formula is C35H40Cl2N4O6. The van der Waals surface area contributed by atoms with Crippen LogP contribution in [0, 0.1) is 5.92 Å². The lowest BCUT2D eigenvalue weighted by Crippen LogP contribution is -2.70. The van der Waals surface area contributed by atoms with E-state index >= 15 is 0 Å². The number of aromatic nitrogens is 1. The number of hydrogen-bond donors (Lipinski definition) is 2. The van der Waals surface area contributed by atoms with E-state index in [1.807, 2.05) is 35.9 Å². The number of carbonyl (C=O) groups is 3. The van der Waals surface area contributed by atoms with E-state index in [0.717, 1.165) is 43.3 Å². The van der Waals surface area contributed by atoms with Crippen molar-refractivity contribution in [3.63, 3.8) is 0 Å². The molecule has 3 aliphatic heterocycles. The van der Waals surface area contributed by atoms with E-state index in [1.165, 1.54) is 0 Å². The Morgan fingerprint density at radius 1 is 1.06 bits per heavy atom. The molecule has 4 heterocycles. The number of para-hydroxylation sites is 1. The number of hydrogen-bond acceptors (Lipinski definition) is 7. The number of nitrogens with one attached hydrogen (secondary N) is 1. The molecule has 3 aromatic rings. The number of carboxylic acid groups (broad SMARTS) is 1. The number of benzene rings is 2. The molecule has 250 valence electrons. The molecule has 7 rings (SSSR count). The molecule has 1 saturated carbocycles. The number of rotatable bonds is 10. The van der Waals surface area contributed by atoms with Crippen molar-refractivity contribution < 1.29 is 29.0 Å². The number of amides is 1. The summed E-state index contributed by atoms with van der Waals surface area (Å²) in [5, 5.41) is 13.9. The Balaban J connectivity index is 1.16. The zero-order chi connectivity index (χ0) is 32.9. The number of ketones is 1. The summed E-state index contributed by atoms with van der Waals surface area (Å²) in [6.07, 6.45) is 6.52. The first kappa shape index (κ1) is 32.6. The topological polar surface area (TPSA) is 113 Å². The summed E-state index contributed by atoms with van der Waals surface area (Å²) in [7, 11) is 1.89.